The minimum Gasteiger partial charge on any atom is -0.478 e. The predicted octanol–water partition coefficient (Wildman–Crippen LogP) is 4.41. The second kappa shape index (κ2) is 10.2. The minimum atomic E-state index is -1.17. The summed E-state index contributed by atoms with van der Waals surface area (Å²) in [4.78, 5) is 20.7. The average molecular weight is 390 g/mol. The summed E-state index contributed by atoms with van der Waals surface area (Å²) in [6.45, 7) is 5.52. The number of allylic oxidation sites excluding steroid dienone is 4. The second-order valence-corrected chi connectivity index (χ2v) is 7.03. The van der Waals surface area contributed by atoms with Crippen molar-refractivity contribution in [1.29, 1.82) is 0 Å². The van der Waals surface area contributed by atoms with E-state index in [0.717, 1.165) is 17.0 Å². The lowest BCUT2D eigenvalue weighted by Gasteiger charge is -2.34. The smallest absolute Gasteiger partial charge is 0.345 e. The minimum absolute atomic E-state index is 0.0676. The lowest BCUT2D eigenvalue weighted by atomic mass is 9.74. The van der Waals surface area contributed by atoms with Crippen molar-refractivity contribution in [1.82, 2.24) is 9.97 Å². The van der Waals surface area contributed by atoms with Crippen LogP contribution in [-0.4, -0.2) is 27.1 Å². The summed E-state index contributed by atoms with van der Waals surface area (Å²) in [6, 6.07) is 11.4. The van der Waals surface area contributed by atoms with Gasteiger partial charge in [0, 0.05) is 16.8 Å². The van der Waals surface area contributed by atoms with E-state index in [9.17, 15) is 9.90 Å². The maximum absolute atomic E-state index is 12.2. The Labute approximate surface area is 172 Å². The molecule has 0 aliphatic heterocycles. The monoisotopic (exact) mass is 390 g/mol. The Hall–Kier alpha value is -3.39. The van der Waals surface area contributed by atoms with E-state index >= 15 is 0 Å². The van der Waals surface area contributed by atoms with E-state index in [1.54, 1.807) is 6.08 Å². The Morgan fingerprint density at radius 1 is 1.21 bits per heavy atom. The Morgan fingerprint density at radius 2 is 1.86 bits per heavy atom. The van der Waals surface area contributed by atoms with Crippen LogP contribution in [0.15, 0.2) is 60.7 Å². The molecule has 0 spiro atoms. The van der Waals surface area contributed by atoms with Crippen LogP contribution in [-0.2, 0) is 10.2 Å². The topological polar surface area (TPSA) is 72.3 Å². The van der Waals surface area contributed by atoms with E-state index in [2.05, 4.69) is 15.9 Å². The zero-order chi connectivity index (χ0) is 21.3. The van der Waals surface area contributed by atoms with Gasteiger partial charge in [-0.25, -0.2) is 14.8 Å². The van der Waals surface area contributed by atoms with Gasteiger partial charge in [0.2, 0.25) is 6.10 Å². The molecule has 0 fully saturated rings. The summed E-state index contributed by atoms with van der Waals surface area (Å²) >= 11 is 0. The fourth-order valence-electron chi connectivity index (χ4n) is 3.14. The highest BCUT2D eigenvalue weighted by Crippen LogP contribution is 2.34. The lowest BCUT2D eigenvalue weighted by Crippen LogP contribution is -2.46. The Kier molecular flexibility index (Phi) is 7.73. The Morgan fingerprint density at radius 3 is 2.45 bits per heavy atom. The number of carboxylic acids is 1. The summed E-state index contributed by atoms with van der Waals surface area (Å²) < 4.78 is 5.86. The first kappa shape index (κ1) is 21.9. The zero-order valence-electron chi connectivity index (χ0n) is 17.0. The van der Waals surface area contributed by atoms with Gasteiger partial charge in [0.05, 0.1) is 0 Å². The van der Waals surface area contributed by atoms with Crippen molar-refractivity contribution in [3.8, 4) is 18.4 Å². The van der Waals surface area contributed by atoms with Crippen molar-refractivity contribution in [2.75, 3.05) is 0 Å². The maximum atomic E-state index is 12.2. The van der Waals surface area contributed by atoms with Gasteiger partial charge in [-0.05, 0) is 44.4 Å². The van der Waals surface area contributed by atoms with E-state index in [1.807, 2.05) is 75.4 Å². The van der Waals surface area contributed by atoms with Crippen LogP contribution in [0.5, 0.6) is 6.01 Å². The molecule has 0 saturated heterocycles. The number of hydrogen-bond donors (Lipinski definition) is 1. The van der Waals surface area contributed by atoms with Crippen molar-refractivity contribution in [3.63, 3.8) is 0 Å². The first-order chi connectivity index (χ1) is 13.9. The number of benzene rings is 1. The van der Waals surface area contributed by atoms with E-state index in [4.69, 9.17) is 11.2 Å². The molecular weight excluding hydrogens is 364 g/mol. The molecule has 5 nitrogen and oxygen atoms in total. The van der Waals surface area contributed by atoms with Crippen LogP contribution in [0.3, 0.4) is 0 Å². The number of aryl methyl sites for hydroxylation is 2. The van der Waals surface area contributed by atoms with Crippen LogP contribution in [0.1, 0.15) is 36.7 Å². The van der Waals surface area contributed by atoms with Crippen molar-refractivity contribution in [3.05, 3.63) is 77.7 Å². The van der Waals surface area contributed by atoms with Gasteiger partial charge in [-0.2, -0.15) is 0 Å². The van der Waals surface area contributed by atoms with Gasteiger partial charge >= 0.3 is 12.0 Å². The van der Waals surface area contributed by atoms with Crippen molar-refractivity contribution in [2.24, 2.45) is 0 Å². The van der Waals surface area contributed by atoms with E-state index < -0.39 is 17.5 Å². The molecule has 0 aliphatic rings. The molecule has 5 heteroatoms. The molecule has 0 amide bonds. The maximum Gasteiger partial charge on any atom is 0.345 e. The molecule has 2 atom stereocenters. The van der Waals surface area contributed by atoms with Gasteiger partial charge in [-0.15, -0.1) is 6.42 Å². The standard InChI is InChI=1S/C24H26N2O3/c1-5-6-7-8-9-13-16-24(4,20-14-11-10-12-15-20)21(22(27)28)29-23-25-18(2)17-19(3)26-23/h1,6-7,9-15,17,21H,8,16H2,2-4H3,(H,27,28)/b7-6-,13-9-. The highest BCUT2D eigenvalue weighted by atomic mass is 16.5. The average Bonchev–Trinajstić information content (AvgIpc) is 2.68. The number of carbonyl (C=O) groups is 1. The third kappa shape index (κ3) is 6.05. The third-order valence-corrected chi connectivity index (χ3v) is 4.62. The number of nitrogens with zero attached hydrogens (tertiary/aromatic N) is 2. The molecule has 0 saturated carbocycles. The summed E-state index contributed by atoms with van der Waals surface area (Å²) in [5, 5.41) is 10.0. The summed E-state index contributed by atoms with van der Waals surface area (Å²) in [5.74, 6) is 1.37. The molecule has 0 radical (unpaired) electrons. The van der Waals surface area contributed by atoms with Crippen LogP contribution in [0.4, 0.5) is 0 Å². The Balaban J connectivity index is 2.38. The number of hydrogen-bond acceptors (Lipinski definition) is 4. The fraction of sp³-hybridized carbons (Fsp3) is 0.292. The molecule has 2 unspecified atom stereocenters. The van der Waals surface area contributed by atoms with Crippen molar-refractivity contribution < 1.29 is 14.6 Å². The van der Waals surface area contributed by atoms with Crippen molar-refractivity contribution in [2.45, 2.75) is 45.1 Å². The summed E-state index contributed by atoms with van der Waals surface area (Å²) in [5.41, 5.74) is 1.47. The van der Waals surface area contributed by atoms with Gasteiger partial charge in [0.15, 0.2) is 0 Å². The van der Waals surface area contributed by atoms with Gasteiger partial charge in [0.1, 0.15) is 0 Å². The number of ether oxygens (including phenoxy) is 1. The Bertz CT molecular complexity index is 909. The highest BCUT2D eigenvalue weighted by molar-refractivity contribution is 5.75. The van der Waals surface area contributed by atoms with Gasteiger partial charge < -0.3 is 9.84 Å². The number of aliphatic carboxylic acids is 1. The van der Waals surface area contributed by atoms with E-state index in [0.29, 0.717) is 12.8 Å². The number of carboxylic acid groups (broad SMARTS) is 1. The van der Waals surface area contributed by atoms with E-state index in [-0.39, 0.29) is 6.01 Å². The zero-order valence-corrected chi connectivity index (χ0v) is 17.0. The molecule has 1 aromatic heterocycles. The van der Waals surface area contributed by atoms with Gasteiger partial charge in [0.25, 0.3) is 0 Å². The summed E-state index contributed by atoms with van der Waals surface area (Å²) in [6.07, 6.45) is 12.6. The normalized spacial score (nSPS) is 14.4. The van der Waals surface area contributed by atoms with E-state index in [1.165, 1.54) is 0 Å². The highest BCUT2D eigenvalue weighted by Gasteiger charge is 2.42. The number of rotatable bonds is 9. The third-order valence-electron chi connectivity index (χ3n) is 4.62. The van der Waals surface area contributed by atoms with Crippen LogP contribution < -0.4 is 4.74 Å². The second-order valence-electron chi connectivity index (χ2n) is 7.03. The molecule has 1 aromatic carbocycles. The predicted molar refractivity (Wildman–Crippen MR) is 114 cm³/mol. The van der Waals surface area contributed by atoms with Gasteiger partial charge in [-0.1, -0.05) is 61.4 Å². The molecule has 29 heavy (non-hydrogen) atoms. The fourth-order valence-corrected chi connectivity index (χ4v) is 3.14. The molecular formula is C24H26N2O3. The SMILES string of the molecule is C#C/C=C\C/C=C\CC(C)(c1ccccc1)C(Oc1nc(C)cc(C)n1)C(=O)O. The van der Waals surface area contributed by atoms with Gasteiger partial charge in [-0.3, -0.25) is 0 Å². The largest absolute Gasteiger partial charge is 0.478 e. The van der Waals surface area contributed by atoms with Crippen LogP contribution in [0.2, 0.25) is 0 Å². The quantitative estimate of drug-likeness (QED) is 0.507. The molecule has 1 heterocycles. The van der Waals surface area contributed by atoms with Crippen LogP contribution in [0, 0.1) is 26.2 Å². The first-order valence-corrected chi connectivity index (χ1v) is 9.40. The first-order valence-electron chi connectivity index (χ1n) is 9.40. The molecule has 1 N–H and O–H groups in total. The van der Waals surface area contributed by atoms with Crippen molar-refractivity contribution >= 4 is 5.97 Å². The summed E-state index contributed by atoms with van der Waals surface area (Å²) in [7, 11) is 0. The molecule has 0 bridgehead atoms. The van der Waals surface area contributed by atoms with Crippen LogP contribution >= 0.6 is 0 Å². The number of terminal acetylenes is 1. The molecule has 2 aromatic rings. The molecule has 2 rings (SSSR count). The number of aromatic nitrogens is 2. The molecule has 0 aliphatic carbocycles. The van der Waals surface area contributed by atoms with Crippen LogP contribution in [0.25, 0.3) is 0 Å². The lowest BCUT2D eigenvalue weighted by molar-refractivity contribution is -0.148. The molecule has 150 valence electrons.